The topological polar surface area (TPSA) is 42.9 Å². The van der Waals surface area contributed by atoms with Crippen LogP contribution in [0.4, 0.5) is 0 Å². The predicted octanol–water partition coefficient (Wildman–Crippen LogP) is 3.93. The molecule has 0 aliphatic rings. The third-order valence-electron chi connectivity index (χ3n) is 1.92. The van der Waals surface area contributed by atoms with Crippen molar-refractivity contribution in [2.24, 2.45) is 0 Å². The first-order valence-electron chi connectivity index (χ1n) is 4.48. The molecule has 2 aromatic rings. The number of thiazole rings is 1. The van der Waals surface area contributed by atoms with Gasteiger partial charge in [-0.2, -0.15) is 0 Å². The van der Waals surface area contributed by atoms with Crippen LogP contribution in [0.1, 0.15) is 10.5 Å². The third-order valence-corrected chi connectivity index (χ3v) is 3.51. The molecule has 2 rings (SSSR count). The molecule has 2 aromatic heterocycles. The van der Waals surface area contributed by atoms with Gasteiger partial charge in [-0.05, 0) is 6.07 Å². The summed E-state index contributed by atoms with van der Waals surface area (Å²) in [7, 11) is 0. The van der Waals surface area contributed by atoms with Crippen LogP contribution >= 0.6 is 46.1 Å². The lowest BCUT2D eigenvalue weighted by molar-refractivity contribution is 0.101. The minimum atomic E-state index is -0.223. The van der Waals surface area contributed by atoms with Gasteiger partial charge in [-0.3, -0.25) is 9.78 Å². The number of aromatic nitrogens is 2. The van der Waals surface area contributed by atoms with Crippen molar-refractivity contribution in [3.8, 4) is 10.7 Å². The first kappa shape index (κ1) is 12.8. The second-order valence-corrected chi connectivity index (χ2v) is 5.05. The van der Waals surface area contributed by atoms with Crippen LogP contribution in [0, 0.1) is 0 Å². The summed E-state index contributed by atoms with van der Waals surface area (Å²) in [4.78, 5) is 19.6. The molecular formula is C10H5Cl3N2OS. The second kappa shape index (κ2) is 5.31. The number of carbonyl (C=O) groups is 1. The van der Waals surface area contributed by atoms with Crippen LogP contribution in [0.3, 0.4) is 0 Å². The molecule has 0 atom stereocenters. The van der Waals surface area contributed by atoms with Gasteiger partial charge >= 0.3 is 0 Å². The standard InChI is InChI=1S/C10H5Cl3N2OS/c11-2-8(16)7-4-17-10(15-7)9-6(13)1-5(12)3-14-9/h1,3-4H,2H2. The summed E-state index contributed by atoms with van der Waals surface area (Å²) in [5, 5.41) is 3.05. The van der Waals surface area contributed by atoms with Crippen molar-refractivity contribution in [1.29, 1.82) is 0 Å². The van der Waals surface area contributed by atoms with Gasteiger partial charge in [0.15, 0.2) is 5.78 Å². The lowest BCUT2D eigenvalue weighted by Gasteiger charge is -1.98. The fourth-order valence-electron chi connectivity index (χ4n) is 1.15. The van der Waals surface area contributed by atoms with E-state index in [1.165, 1.54) is 17.5 Å². The average Bonchev–Trinajstić information content (AvgIpc) is 2.77. The van der Waals surface area contributed by atoms with Gasteiger partial charge in [0, 0.05) is 11.6 Å². The molecule has 88 valence electrons. The van der Waals surface area contributed by atoms with E-state index in [4.69, 9.17) is 34.8 Å². The number of nitrogens with zero attached hydrogens (tertiary/aromatic N) is 2. The molecular weight excluding hydrogens is 303 g/mol. The minimum Gasteiger partial charge on any atom is -0.291 e. The number of alkyl halides is 1. The average molecular weight is 308 g/mol. The maximum absolute atomic E-state index is 11.3. The molecule has 3 nitrogen and oxygen atoms in total. The Morgan fingerprint density at radius 2 is 2.18 bits per heavy atom. The van der Waals surface area contributed by atoms with Gasteiger partial charge in [0.05, 0.1) is 15.9 Å². The van der Waals surface area contributed by atoms with Gasteiger partial charge in [0.25, 0.3) is 0 Å². The zero-order chi connectivity index (χ0) is 12.4. The van der Waals surface area contributed by atoms with E-state index in [1.54, 1.807) is 11.4 Å². The van der Waals surface area contributed by atoms with Gasteiger partial charge < -0.3 is 0 Å². The molecule has 0 aliphatic carbocycles. The lowest BCUT2D eigenvalue weighted by atomic mass is 10.3. The van der Waals surface area contributed by atoms with Crippen LogP contribution in [0.15, 0.2) is 17.6 Å². The Bertz CT molecular complexity index is 570. The van der Waals surface area contributed by atoms with Crippen molar-refractivity contribution in [2.75, 3.05) is 5.88 Å². The molecule has 0 aromatic carbocycles. The molecule has 17 heavy (non-hydrogen) atoms. The van der Waals surface area contributed by atoms with Crippen molar-refractivity contribution in [3.63, 3.8) is 0 Å². The van der Waals surface area contributed by atoms with E-state index < -0.39 is 0 Å². The zero-order valence-electron chi connectivity index (χ0n) is 8.28. The largest absolute Gasteiger partial charge is 0.291 e. The molecule has 0 aliphatic heterocycles. The number of halogens is 3. The zero-order valence-corrected chi connectivity index (χ0v) is 11.4. The van der Waals surface area contributed by atoms with Crippen molar-refractivity contribution in [1.82, 2.24) is 9.97 Å². The Kier molecular flexibility index (Phi) is 3.99. The number of Topliss-reactive ketones (excluding diaryl/α,β-unsaturated/α-hetero) is 1. The highest BCUT2D eigenvalue weighted by Gasteiger charge is 2.14. The number of hydrogen-bond acceptors (Lipinski definition) is 4. The summed E-state index contributed by atoms with van der Waals surface area (Å²) in [6, 6.07) is 1.58. The van der Waals surface area contributed by atoms with Gasteiger partial charge in [-0.15, -0.1) is 22.9 Å². The van der Waals surface area contributed by atoms with Crippen LogP contribution in [-0.4, -0.2) is 21.6 Å². The highest BCUT2D eigenvalue weighted by atomic mass is 35.5. The van der Waals surface area contributed by atoms with E-state index in [0.29, 0.717) is 26.4 Å². The quantitative estimate of drug-likeness (QED) is 0.637. The fourth-order valence-corrected chi connectivity index (χ4v) is 2.65. The van der Waals surface area contributed by atoms with Gasteiger partial charge in [-0.1, -0.05) is 23.2 Å². The Balaban J connectivity index is 2.40. The van der Waals surface area contributed by atoms with Crippen LogP contribution in [-0.2, 0) is 0 Å². The van der Waals surface area contributed by atoms with E-state index in [9.17, 15) is 4.79 Å². The smallest absolute Gasteiger partial charge is 0.196 e. The molecule has 0 amide bonds. The fraction of sp³-hybridized carbons (Fsp3) is 0.100. The molecule has 0 unspecified atom stereocenters. The molecule has 0 fully saturated rings. The second-order valence-electron chi connectivity index (χ2n) is 3.08. The maximum atomic E-state index is 11.3. The molecule has 7 heteroatoms. The van der Waals surface area contributed by atoms with Crippen LogP contribution in [0.2, 0.25) is 10.0 Å². The van der Waals surface area contributed by atoms with Crippen molar-refractivity contribution >= 4 is 51.9 Å². The third kappa shape index (κ3) is 2.77. The molecule has 0 saturated heterocycles. The van der Waals surface area contributed by atoms with E-state index in [2.05, 4.69) is 9.97 Å². The molecule has 0 N–H and O–H groups in total. The normalized spacial score (nSPS) is 10.5. The number of hydrogen-bond donors (Lipinski definition) is 0. The molecule has 0 radical (unpaired) electrons. The minimum absolute atomic E-state index is 0.0923. The summed E-state index contributed by atoms with van der Waals surface area (Å²) >= 11 is 18.5. The number of ketones is 1. The van der Waals surface area contributed by atoms with E-state index in [1.807, 2.05) is 0 Å². The Morgan fingerprint density at radius 3 is 2.82 bits per heavy atom. The van der Waals surface area contributed by atoms with Crippen LogP contribution in [0.25, 0.3) is 10.7 Å². The first-order valence-corrected chi connectivity index (χ1v) is 6.65. The summed E-state index contributed by atoms with van der Waals surface area (Å²) in [5.74, 6) is -0.315. The number of pyridine rings is 1. The Labute approximate surface area is 116 Å². The van der Waals surface area contributed by atoms with Gasteiger partial charge in [0.1, 0.15) is 16.4 Å². The summed E-state index contributed by atoms with van der Waals surface area (Å²) in [5.41, 5.74) is 0.836. The van der Waals surface area contributed by atoms with Crippen LogP contribution in [0.5, 0.6) is 0 Å². The van der Waals surface area contributed by atoms with Crippen LogP contribution < -0.4 is 0 Å². The van der Waals surface area contributed by atoms with Gasteiger partial charge in [0.2, 0.25) is 0 Å². The van der Waals surface area contributed by atoms with Crippen molar-refractivity contribution < 1.29 is 4.79 Å². The summed E-state index contributed by atoms with van der Waals surface area (Å²) < 4.78 is 0. The molecule has 0 spiro atoms. The first-order chi connectivity index (χ1) is 8.11. The van der Waals surface area contributed by atoms with E-state index >= 15 is 0 Å². The predicted molar refractivity (Wildman–Crippen MR) is 70.4 cm³/mol. The molecule has 0 bridgehead atoms. The maximum Gasteiger partial charge on any atom is 0.196 e. The number of carbonyl (C=O) groups excluding carboxylic acids is 1. The van der Waals surface area contributed by atoms with E-state index in [0.717, 1.165) is 0 Å². The molecule has 0 saturated carbocycles. The molecule has 2 heterocycles. The van der Waals surface area contributed by atoms with Crippen molar-refractivity contribution in [3.05, 3.63) is 33.4 Å². The Hall–Kier alpha value is -0.680. The van der Waals surface area contributed by atoms with E-state index in [-0.39, 0.29) is 11.7 Å². The monoisotopic (exact) mass is 306 g/mol. The Morgan fingerprint density at radius 1 is 1.41 bits per heavy atom. The summed E-state index contributed by atoms with van der Waals surface area (Å²) in [6.45, 7) is 0. The lowest BCUT2D eigenvalue weighted by Crippen LogP contribution is -2.00. The highest BCUT2D eigenvalue weighted by Crippen LogP contribution is 2.30. The summed E-state index contributed by atoms with van der Waals surface area (Å²) in [6.07, 6.45) is 1.48. The van der Waals surface area contributed by atoms with Crippen molar-refractivity contribution in [2.45, 2.75) is 0 Å². The number of rotatable bonds is 3. The van der Waals surface area contributed by atoms with Gasteiger partial charge in [-0.25, -0.2) is 4.98 Å². The SMILES string of the molecule is O=C(CCl)c1csc(-c2ncc(Cl)cc2Cl)n1. The highest BCUT2D eigenvalue weighted by molar-refractivity contribution is 7.13.